The molecular weight excluding hydrogens is 432 g/mol. The Morgan fingerprint density at radius 2 is 1.79 bits per heavy atom. The summed E-state index contributed by atoms with van der Waals surface area (Å²) in [6, 6.07) is 19.8. The van der Waals surface area contributed by atoms with Gasteiger partial charge in [-0.2, -0.15) is 0 Å². The standard InChI is InChI=1S/C27H28N2O5/c1-32-20-12-13-24(33-2)22(16-20)23-10-6-14-29(23)27(31)19-8-5-7-18(15-19)17-34-25-11-4-3-9-21(25)26(28)30/h3-5,7-9,11-13,15-16,23H,6,10,14,17H2,1-2H3,(H2,28,30). The molecule has 0 bridgehead atoms. The molecule has 1 aliphatic heterocycles. The maximum atomic E-state index is 13.5. The van der Waals surface area contributed by atoms with Crippen LogP contribution in [0.4, 0.5) is 0 Å². The topological polar surface area (TPSA) is 91.1 Å². The number of nitrogens with zero attached hydrogens (tertiary/aromatic N) is 1. The molecule has 2 N–H and O–H groups in total. The van der Waals surface area contributed by atoms with Crippen LogP contribution in [0.2, 0.25) is 0 Å². The van der Waals surface area contributed by atoms with E-state index in [4.69, 9.17) is 19.9 Å². The summed E-state index contributed by atoms with van der Waals surface area (Å²) in [6.07, 6.45) is 1.76. The summed E-state index contributed by atoms with van der Waals surface area (Å²) in [5, 5.41) is 0. The summed E-state index contributed by atoms with van der Waals surface area (Å²) in [5.74, 6) is 1.28. The molecule has 7 nitrogen and oxygen atoms in total. The molecule has 176 valence electrons. The number of carbonyl (C=O) groups excluding carboxylic acids is 2. The lowest BCUT2D eigenvalue weighted by Gasteiger charge is -2.27. The van der Waals surface area contributed by atoms with E-state index in [1.807, 2.05) is 41.3 Å². The summed E-state index contributed by atoms with van der Waals surface area (Å²) >= 11 is 0. The van der Waals surface area contributed by atoms with Crippen LogP contribution in [0.1, 0.15) is 50.7 Å². The molecule has 3 aromatic carbocycles. The number of likely N-dealkylation sites (tertiary alicyclic amines) is 1. The minimum Gasteiger partial charge on any atom is -0.497 e. The second-order valence-corrected chi connectivity index (χ2v) is 8.11. The number of ether oxygens (including phenoxy) is 3. The lowest BCUT2D eigenvalue weighted by molar-refractivity contribution is 0.0733. The third kappa shape index (κ3) is 4.83. The molecule has 34 heavy (non-hydrogen) atoms. The molecule has 1 atom stereocenters. The Morgan fingerprint density at radius 3 is 2.56 bits per heavy atom. The number of benzene rings is 3. The average Bonchev–Trinajstić information content (AvgIpc) is 3.36. The number of para-hydroxylation sites is 1. The van der Waals surface area contributed by atoms with Crippen molar-refractivity contribution in [2.24, 2.45) is 5.73 Å². The van der Waals surface area contributed by atoms with E-state index < -0.39 is 5.91 Å². The van der Waals surface area contributed by atoms with Crippen molar-refractivity contribution in [3.05, 3.63) is 89.0 Å². The third-order valence-corrected chi connectivity index (χ3v) is 6.03. The van der Waals surface area contributed by atoms with Crippen LogP contribution < -0.4 is 19.9 Å². The summed E-state index contributed by atoms with van der Waals surface area (Å²) in [6.45, 7) is 0.870. The van der Waals surface area contributed by atoms with E-state index in [-0.39, 0.29) is 18.6 Å². The first-order valence-electron chi connectivity index (χ1n) is 11.1. The molecule has 1 unspecified atom stereocenters. The van der Waals surface area contributed by atoms with E-state index in [1.54, 1.807) is 44.6 Å². The first-order chi connectivity index (χ1) is 16.5. The third-order valence-electron chi connectivity index (χ3n) is 6.03. The number of rotatable bonds is 8. The Labute approximate surface area is 199 Å². The van der Waals surface area contributed by atoms with Crippen molar-refractivity contribution in [3.8, 4) is 17.2 Å². The Bertz CT molecular complexity index is 1190. The van der Waals surface area contributed by atoms with E-state index in [1.165, 1.54) is 0 Å². The molecular formula is C27H28N2O5. The minimum atomic E-state index is -0.549. The van der Waals surface area contributed by atoms with Crippen molar-refractivity contribution < 1.29 is 23.8 Å². The van der Waals surface area contributed by atoms with Crippen LogP contribution in [0, 0.1) is 0 Å². The van der Waals surface area contributed by atoms with Gasteiger partial charge < -0.3 is 24.8 Å². The van der Waals surface area contributed by atoms with E-state index in [0.717, 1.165) is 35.5 Å². The fourth-order valence-electron chi connectivity index (χ4n) is 4.35. The molecule has 1 aliphatic rings. The lowest BCUT2D eigenvalue weighted by Crippen LogP contribution is -2.30. The maximum Gasteiger partial charge on any atom is 0.254 e. The number of methoxy groups -OCH3 is 2. The zero-order valence-corrected chi connectivity index (χ0v) is 19.3. The highest BCUT2D eigenvalue weighted by Crippen LogP contribution is 2.39. The number of carbonyl (C=O) groups is 2. The molecule has 4 rings (SSSR count). The highest BCUT2D eigenvalue weighted by molar-refractivity contribution is 5.96. The van der Waals surface area contributed by atoms with E-state index in [9.17, 15) is 9.59 Å². The Morgan fingerprint density at radius 1 is 0.971 bits per heavy atom. The molecule has 1 fully saturated rings. The first kappa shape index (κ1) is 23.2. The fraction of sp³-hybridized carbons (Fsp3) is 0.259. The van der Waals surface area contributed by atoms with E-state index in [2.05, 4.69) is 0 Å². The highest BCUT2D eigenvalue weighted by Gasteiger charge is 2.32. The van der Waals surface area contributed by atoms with Gasteiger partial charge in [0.15, 0.2) is 0 Å². The molecule has 7 heteroatoms. The highest BCUT2D eigenvalue weighted by atomic mass is 16.5. The summed E-state index contributed by atoms with van der Waals surface area (Å²) < 4.78 is 16.8. The maximum absolute atomic E-state index is 13.5. The van der Waals surface area contributed by atoms with Gasteiger partial charge in [0.1, 0.15) is 23.9 Å². The largest absolute Gasteiger partial charge is 0.497 e. The van der Waals surface area contributed by atoms with Crippen LogP contribution in [-0.4, -0.2) is 37.5 Å². The van der Waals surface area contributed by atoms with Gasteiger partial charge in [-0.25, -0.2) is 0 Å². The molecule has 1 heterocycles. The van der Waals surface area contributed by atoms with Crippen molar-refractivity contribution in [1.29, 1.82) is 0 Å². The number of hydrogen-bond donors (Lipinski definition) is 1. The van der Waals surface area contributed by atoms with Gasteiger partial charge in [0.05, 0.1) is 25.8 Å². The van der Waals surface area contributed by atoms with E-state index in [0.29, 0.717) is 23.4 Å². The summed E-state index contributed by atoms with van der Waals surface area (Å²) in [4.78, 5) is 27.0. The predicted molar refractivity (Wildman–Crippen MR) is 128 cm³/mol. The van der Waals surface area contributed by atoms with Crippen molar-refractivity contribution in [2.45, 2.75) is 25.5 Å². The van der Waals surface area contributed by atoms with Gasteiger partial charge in [0, 0.05) is 17.7 Å². The Balaban J connectivity index is 1.54. The van der Waals surface area contributed by atoms with Crippen molar-refractivity contribution in [1.82, 2.24) is 4.90 Å². The SMILES string of the molecule is COc1ccc(OC)c(C2CCCN2C(=O)c2cccc(COc3ccccc3C(N)=O)c2)c1. The van der Waals surface area contributed by atoms with Gasteiger partial charge in [-0.15, -0.1) is 0 Å². The first-order valence-corrected chi connectivity index (χ1v) is 11.1. The Kier molecular flexibility index (Phi) is 7.01. The zero-order valence-electron chi connectivity index (χ0n) is 19.3. The minimum absolute atomic E-state index is 0.0493. The number of primary amides is 1. The normalized spacial score (nSPS) is 15.1. The van der Waals surface area contributed by atoms with Crippen LogP contribution >= 0.6 is 0 Å². The number of hydrogen-bond acceptors (Lipinski definition) is 5. The molecule has 1 saturated heterocycles. The van der Waals surface area contributed by atoms with Crippen LogP contribution in [0.3, 0.4) is 0 Å². The second kappa shape index (κ2) is 10.3. The number of nitrogens with two attached hydrogens (primary N) is 1. The number of amides is 2. The molecule has 0 aliphatic carbocycles. The van der Waals surface area contributed by atoms with Crippen molar-refractivity contribution in [3.63, 3.8) is 0 Å². The molecule has 0 radical (unpaired) electrons. The summed E-state index contributed by atoms with van der Waals surface area (Å²) in [5.41, 5.74) is 8.09. The fourth-order valence-corrected chi connectivity index (χ4v) is 4.35. The van der Waals surface area contributed by atoms with Gasteiger partial charge >= 0.3 is 0 Å². The molecule has 0 spiro atoms. The quantitative estimate of drug-likeness (QED) is 0.539. The molecule has 3 aromatic rings. The van der Waals surface area contributed by atoms with E-state index >= 15 is 0 Å². The van der Waals surface area contributed by atoms with Gasteiger partial charge in [-0.1, -0.05) is 24.3 Å². The van der Waals surface area contributed by atoms with Crippen molar-refractivity contribution >= 4 is 11.8 Å². The lowest BCUT2D eigenvalue weighted by atomic mass is 10.0. The van der Waals surface area contributed by atoms with Crippen LogP contribution in [0.15, 0.2) is 66.7 Å². The molecule has 2 amide bonds. The monoisotopic (exact) mass is 460 g/mol. The molecule has 0 aromatic heterocycles. The van der Waals surface area contributed by atoms with Gasteiger partial charge in [0.25, 0.3) is 11.8 Å². The molecule has 0 saturated carbocycles. The Hall–Kier alpha value is -4.00. The second-order valence-electron chi connectivity index (χ2n) is 8.11. The van der Waals surface area contributed by atoms with Gasteiger partial charge in [-0.3, -0.25) is 9.59 Å². The zero-order chi connectivity index (χ0) is 24.1. The smallest absolute Gasteiger partial charge is 0.254 e. The van der Waals surface area contributed by atoms with Crippen LogP contribution in [0.5, 0.6) is 17.2 Å². The van der Waals surface area contributed by atoms with Crippen LogP contribution in [-0.2, 0) is 6.61 Å². The van der Waals surface area contributed by atoms with Gasteiger partial charge in [0.2, 0.25) is 0 Å². The van der Waals surface area contributed by atoms with Crippen LogP contribution in [0.25, 0.3) is 0 Å². The van der Waals surface area contributed by atoms with Crippen molar-refractivity contribution in [2.75, 3.05) is 20.8 Å². The predicted octanol–water partition coefficient (Wildman–Crippen LogP) is 4.36. The average molecular weight is 461 g/mol. The van der Waals surface area contributed by atoms with Gasteiger partial charge in [-0.05, 0) is 60.9 Å². The summed E-state index contributed by atoms with van der Waals surface area (Å²) in [7, 11) is 3.25.